The van der Waals surface area contributed by atoms with Gasteiger partial charge in [-0.25, -0.2) is 4.79 Å². The Balaban J connectivity index is 1.73. The summed E-state index contributed by atoms with van der Waals surface area (Å²) in [6.07, 6.45) is 3.45. The van der Waals surface area contributed by atoms with Gasteiger partial charge in [0.2, 0.25) is 0 Å². The summed E-state index contributed by atoms with van der Waals surface area (Å²) in [5.41, 5.74) is 4.53. The van der Waals surface area contributed by atoms with Gasteiger partial charge in [-0.05, 0) is 0 Å². The van der Waals surface area contributed by atoms with Crippen LogP contribution in [0.5, 0.6) is 0 Å². The third-order valence-corrected chi connectivity index (χ3v) is 8.23. The van der Waals surface area contributed by atoms with Gasteiger partial charge in [0, 0.05) is 0 Å². The minimum absolute atomic E-state index is 0.0757. The Labute approximate surface area is 231 Å². The molecule has 0 bridgehead atoms. The van der Waals surface area contributed by atoms with Gasteiger partial charge < -0.3 is 4.74 Å². The molecule has 9 heteroatoms. The van der Waals surface area contributed by atoms with Crippen LogP contribution in [0.3, 0.4) is 0 Å². The number of amides is 2. The molecule has 1 heterocycles. The van der Waals surface area contributed by atoms with Crippen LogP contribution in [0.25, 0.3) is 0 Å². The van der Waals surface area contributed by atoms with Crippen LogP contribution in [0, 0.1) is 5.92 Å². The number of benzene rings is 2. The van der Waals surface area contributed by atoms with Gasteiger partial charge in [-0.15, -0.1) is 0 Å². The van der Waals surface area contributed by atoms with Crippen LogP contribution in [-0.2, 0) is 14.2 Å². The Hall–Kier alpha value is -2.05. The summed E-state index contributed by atoms with van der Waals surface area (Å²) in [4.78, 5) is 24.7. The van der Waals surface area contributed by atoms with E-state index in [1.807, 2.05) is 42.5 Å². The molecule has 2 N–H and O–H groups in total. The quantitative estimate of drug-likeness (QED) is 0.259. The normalized spacial score (nSPS) is 17.6. The van der Waals surface area contributed by atoms with Crippen LogP contribution in [0.15, 0.2) is 48.5 Å². The monoisotopic (exact) mass is 591 g/mol. The Bertz CT molecular complexity index is 1000. The van der Waals surface area contributed by atoms with Crippen molar-refractivity contribution in [3.05, 3.63) is 70.2 Å². The van der Waals surface area contributed by atoms with Crippen molar-refractivity contribution < 1.29 is 23.8 Å². The summed E-state index contributed by atoms with van der Waals surface area (Å²) in [5, 5.41) is 7.54. The number of ether oxygens (including phenoxy) is 3. The standard InChI is InChI=1S/C28H37AsClN2O5/c1-29-18-25(15-20-7-3-4-13-36-19-20)32-27(33)23-10-5-8-21(16-23)26(22-9-6-11-24(30)17-22)37-14-12-31-28(34)35-2/h5-6,8-11,16-17,20,25-26H,3-4,7,12-15,18-19H2,1-2H3,(H,31,34)(H,32,33)/t20-,25+,26?/m1/s1. The van der Waals surface area contributed by atoms with E-state index in [9.17, 15) is 9.59 Å². The fraction of sp³-hybridized carbons (Fsp3) is 0.500. The number of hydrogen-bond donors (Lipinski definition) is 2. The summed E-state index contributed by atoms with van der Waals surface area (Å²) >= 11 is 6.44. The molecule has 0 aromatic heterocycles. The summed E-state index contributed by atoms with van der Waals surface area (Å²) in [5.74, 6) is 0.416. The third-order valence-electron chi connectivity index (χ3n) is 6.30. The van der Waals surface area contributed by atoms with E-state index in [1.165, 1.54) is 13.5 Å². The number of nitrogens with one attached hydrogen (secondary N) is 2. The van der Waals surface area contributed by atoms with Gasteiger partial charge >= 0.3 is 216 Å². The number of halogens is 1. The first-order valence-corrected chi connectivity index (χ1v) is 16.3. The summed E-state index contributed by atoms with van der Waals surface area (Å²) < 4.78 is 16.5. The summed E-state index contributed by atoms with van der Waals surface area (Å²) in [7, 11) is 1.32. The van der Waals surface area contributed by atoms with E-state index in [4.69, 9.17) is 21.1 Å². The first-order valence-electron chi connectivity index (χ1n) is 12.7. The fourth-order valence-electron chi connectivity index (χ4n) is 4.53. The number of carbonyl (C=O) groups excluding carboxylic acids is 2. The Kier molecular flexibility index (Phi) is 12.8. The number of carbonyl (C=O) groups is 2. The molecule has 2 amide bonds. The van der Waals surface area contributed by atoms with Crippen LogP contribution in [0.2, 0.25) is 15.9 Å². The average molecular weight is 592 g/mol. The SMILES string of the molecule is COC(=O)NCCOC(c1cccc(Cl)c1)c1cccc(C(=O)N[C@H](C[As]C)C[C@H]2CCCCOC2)c1. The van der Waals surface area contributed by atoms with E-state index in [0.29, 0.717) is 16.5 Å². The van der Waals surface area contributed by atoms with Crippen LogP contribution < -0.4 is 10.6 Å². The van der Waals surface area contributed by atoms with Gasteiger partial charge in [-0.1, -0.05) is 0 Å². The molecule has 201 valence electrons. The van der Waals surface area contributed by atoms with Crippen molar-refractivity contribution >= 4 is 39.4 Å². The van der Waals surface area contributed by atoms with Crippen molar-refractivity contribution in [1.82, 2.24) is 10.6 Å². The molecule has 0 aliphatic carbocycles. The van der Waals surface area contributed by atoms with E-state index in [1.54, 1.807) is 6.07 Å². The van der Waals surface area contributed by atoms with Crippen molar-refractivity contribution in [3.63, 3.8) is 0 Å². The maximum absolute atomic E-state index is 13.3. The van der Waals surface area contributed by atoms with E-state index < -0.39 is 12.2 Å². The molecule has 3 atom stereocenters. The molecular formula is C28H37AsClN2O5. The first kappa shape index (κ1) is 29.5. The van der Waals surface area contributed by atoms with E-state index in [0.717, 1.165) is 48.8 Å². The molecular weight excluding hydrogens is 555 g/mol. The number of hydrogen-bond acceptors (Lipinski definition) is 5. The molecule has 1 aliphatic rings. The van der Waals surface area contributed by atoms with Gasteiger partial charge in [-0.2, -0.15) is 0 Å². The molecule has 3 rings (SSSR count). The van der Waals surface area contributed by atoms with Crippen LogP contribution in [0.1, 0.15) is 53.3 Å². The number of alkyl carbamates (subject to hydrolysis) is 1. The predicted molar refractivity (Wildman–Crippen MR) is 147 cm³/mol. The molecule has 2 aromatic rings. The molecule has 1 saturated heterocycles. The van der Waals surface area contributed by atoms with E-state index >= 15 is 0 Å². The molecule has 2 aromatic carbocycles. The maximum atomic E-state index is 13.3. The molecule has 1 fully saturated rings. The molecule has 1 aliphatic heterocycles. The summed E-state index contributed by atoms with van der Waals surface area (Å²) in [6, 6.07) is 15.1. The predicted octanol–water partition coefficient (Wildman–Crippen LogP) is 5.28. The molecule has 0 saturated carbocycles. The zero-order valence-corrected chi connectivity index (χ0v) is 24.2. The fourth-order valence-corrected chi connectivity index (χ4v) is 6.15. The van der Waals surface area contributed by atoms with E-state index in [2.05, 4.69) is 21.1 Å². The summed E-state index contributed by atoms with van der Waals surface area (Å²) in [6.45, 7) is 2.17. The van der Waals surface area contributed by atoms with Gasteiger partial charge in [0.25, 0.3) is 0 Å². The van der Waals surface area contributed by atoms with Crippen LogP contribution in [0.4, 0.5) is 4.79 Å². The van der Waals surface area contributed by atoms with Crippen molar-refractivity contribution in [2.45, 2.75) is 48.7 Å². The van der Waals surface area contributed by atoms with Gasteiger partial charge in [0.1, 0.15) is 0 Å². The Morgan fingerprint density at radius 2 is 1.95 bits per heavy atom. The van der Waals surface area contributed by atoms with Gasteiger partial charge in [0.05, 0.1) is 7.11 Å². The van der Waals surface area contributed by atoms with Crippen LogP contribution >= 0.6 is 11.6 Å². The van der Waals surface area contributed by atoms with Crippen molar-refractivity contribution in [2.24, 2.45) is 5.92 Å². The third kappa shape index (κ3) is 9.97. The Morgan fingerprint density at radius 1 is 1.16 bits per heavy atom. The molecule has 0 spiro atoms. The van der Waals surface area contributed by atoms with Crippen LogP contribution in [-0.4, -0.2) is 67.3 Å². The topological polar surface area (TPSA) is 85.9 Å². The molecule has 7 nitrogen and oxygen atoms in total. The minimum atomic E-state index is -0.513. The average Bonchev–Trinajstić information content (AvgIpc) is 3.17. The molecule has 1 radical (unpaired) electrons. The van der Waals surface area contributed by atoms with E-state index in [-0.39, 0.29) is 40.9 Å². The zero-order chi connectivity index (χ0) is 26.5. The molecule has 1 unspecified atom stereocenters. The second kappa shape index (κ2) is 16.0. The van der Waals surface area contributed by atoms with Crippen molar-refractivity contribution in [1.29, 1.82) is 0 Å². The molecule has 37 heavy (non-hydrogen) atoms. The van der Waals surface area contributed by atoms with Crippen molar-refractivity contribution in [2.75, 3.05) is 33.5 Å². The zero-order valence-electron chi connectivity index (χ0n) is 21.6. The Morgan fingerprint density at radius 3 is 2.70 bits per heavy atom. The van der Waals surface area contributed by atoms with Gasteiger partial charge in [0.15, 0.2) is 0 Å². The second-order valence-corrected chi connectivity index (χ2v) is 11.7. The number of methoxy groups -OCH3 is 1. The first-order chi connectivity index (χ1) is 18.0. The second-order valence-electron chi connectivity index (χ2n) is 9.19. The van der Waals surface area contributed by atoms with Gasteiger partial charge in [-0.3, -0.25) is 0 Å². The van der Waals surface area contributed by atoms with Crippen molar-refractivity contribution in [3.8, 4) is 0 Å². The number of rotatable bonds is 12.